The molecule has 0 amide bonds. The molecule has 4 aromatic rings. The minimum absolute atomic E-state index is 0.0918. The molecule has 6 heteroatoms. The Morgan fingerprint density at radius 3 is 2.52 bits per heavy atom. The average Bonchev–Trinajstić information content (AvgIpc) is 3.31. The monoisotopic (exact) mass is 411 g/mol. The summed E-state index contributed by atoms with van der Waals surface area (Å²) in [6.45, 7) is 2.94. The minimum atomic E-state index is -0.0918. The highest BCUT2D eigenvalue weighted by Crippen LogP contribution is 2.23. The number of aromatic nitrogens is 4. The lowest BCUT2D eigenvalue weighted by Crippen LogP contribution is -2.37. The number of nitrogens with zero attached hydrogens (tertiary/aromatic N) is 5. The van der Waals surface area contributed by atoms with E-state index in [1.54, 1.807) is 16.9 Å². The lowest BCUT2D eigenvalue weighted by molar-refractivity contribution is 0.162. The van der Waals surface area contributed by atoms with Gasteiger partial charge in [-0.25, -0.2) is 4.68 Å². The molecular formula is C25H25N5O. The van der Waals surface area contributed by atoms with Crippen LogP contribution in [0.25, 0.3) is 17.1 Å². The fourth-order valence-electron chi connectivity index (χ4n) is 4.29. The predicted molar refractivity (Wildman–Crippen MR) is 121 cm³/mol. The molecule has 1 unspecified atom stereocenters. The molecule has 0 spiro atoms. The summed E-state index contributed by atoms with van der Waals surface area (Å²) in [5, 5.41) is 9.21. The van der Waals surface area contributed by atoms with Crippen LogP contribution in [0.4, 0.5) is 0 Å². The van der Waals surface area contributed by atoms with Gasteiger partial charge in [0.25, 0.3) is 0 Å². The van der Waals surface area contributed by atoms with Gasteiger partial charge >= 0.3 is 0 Å². The number of para-hydroxylation sites is 1. The molecule has 0 saturated carbocycles. The van der Waals surface area contributed by atoms with Crippen molar-refractivity contribution in [2.75, 3.05) is 13.1 Å². The molecule has 2 aromatic carbocycles. The van der Waals surface area contributed by atoms with Gasteiger partial charge in [-0.1, -0.05) is 48.5 Å². The Kier molecular flexibility index (Phi) is 5.46. The van der Waals surface area contributed by atoms with E-state index >= 15 is 0 Å². The molecule has 0 radical (unpaired) electrons. The molecular weight excluding hydrogens is 386 g/mol. The van der Waals surface area contributed by atoms with Crippen LogP contribution < -0.4 is 5.43 Å². The summed E-state index contributed by atoms with van der Waals surface area (Å²) in [5.41, 5.74) is 3.28. The van der Waals surface area contributed by atoms with Crippen LogP contribution in [0.3, 0.4) is 0 Å². The molecule has 1 saturated heterocycles. The smallest absolute Gasteiger partial charge is 0.209 e. The Labute approximate surface area is 181 Å². The molecule has 156 valence electrons. The van der Waals surface area contributed by atoms with Crippen molar-refractivity contribution >= 4 is 0 Å². The van der Waals surface area contributed by atoms with Crippen LogP contribution in [0, 0.1) is 0 Å². The zero-order chi connectivity index (χ0) is 21.0. The predicted octanol–water partition coefficient (Wildman–Crippen LogP) is 3.93. The highest BCUT2D eigenvalue weighted by atomic mass is 16.1. The van der Waals surface area contributed by atoms with E-state index < -0.39 is 0 Å². The number of hydrogen-bond acceptors (Lipinski definition) is 4. The number of likely N-dealkylation sites (tertiary alicyclic amines) is 1. The Bertz CT molecular complexity index is 1200. The van der Waals surface area contributed by atoms with E-state index in [4.69, 9.17) is 5.10 Å². The van der Waals surface area contributed by atoms with Crippen molar-refractivity contribution in [2.24, 2.45) is 0 Å². The van der Waals surface area contributed by atoms with Gasteiger partial charge in [-0.2, -0.15) is 10.2 Å². The highest BCUT2D eigenvalue weighted by Gasteiger charge is 2.23. The second kappa shape index (κ2) is 8.70. The SMILES string of the molecule is O=c1ccn(C2CCCN(Cc3ccccc3)C2)nc1-c1ccnn1-c1ccccc1. The minimum Gasteiger partial charge on any atom is -0.297 e. The summed E-state index contributed by atoms with van der Waals surface area (Å²) in [6.07, 6.45) is 5.70. The summed E-state index contributed by atoms with van der Waals surface area (Å²) in [6, 6.07) is 24.1. The molecule has 0 N–H and O–H groups in total. The van der Waals surface area contributed by atoms with Crippen molar-refractivity contribution < 1.29 is 0 Å². The summed E-state index contributed by atoms with van der Waals surface area (Å²) in [5.74, 6) is 0. The van der Waals surface area contributed by atoms with Crippen molar-refractivity contribution in [2.45, 2.75) is 25.4 Å². The fourth-order valence-corrected chi connectivity index (χ4v) is 4.29. The second-order valence-electron chi connectivity index (χ2n) is 7.99. The molecule has 3 heterocycles. The largest absolute Gasteiger partial charge is 0.297 e. The third kappa shape index (κ3) is 4.20. The van der Waals surface area contributed by atoms with Crippen LogP contribution in [0.5, 0.6) is 0 Å². The normalized spacial score (nSPS) is 17.0. The van der Waals surface area contributed by atoms with Crippen molar-refractivity contribution in [3.63, 3.8) is 0 Å². The van der Waals surface area contributed by atoms with E-state index in [9.17, 15) is 4.79 Å². The van der Waals surface area contributed by atoms with Gasteiger partial charge in [0.05, 0.1) is 23.6 Å². The summed E-state index contributed by atoms with van der Waals surface area (Å²) in [7, 11) is 0. The van der Waals surface area contributed by atoms with Gasteiger partial charge in [0.1, 0.15) is 0 Å². The third-order valence-corrected chi connectivity index (χ3v) is 5.82. The van der Waals surface area contributed by atoms with Gasteiger partial charge in [0.15, 0.2) is 5.69 Å². The fraction of sp³-hybridized carbons (Fsp3) is 0.240. The molecule has 5 rings (SSSR count). The van der Waals surface area contributed by atoms with Gasteiger partial charge < -0.3 is 0 Å². The number of hydrogen-bond donors (Lipinski definition) is 0. The topological polar surface area (TPSA) is 56.0 Å². The first-order chi connectivity index (χ1) is 15.3. The van der Waals surface area contributed by atoms with Crippen molar-refractivity contribution in [1.82, 2.24) is 24.5 Å². The van der Waals surface area contributed by atoms with Crippen molar-refractivity contribution in [3.05, 3.63) is 101 Å². The molecule has 6 nitrogen and oxygen atoms in total. The molecule has 1 fully saturated rings. The van der Waals surface area contributed by atoms with E-state index in [-0.39, 0.29) is 11.5 Å². The first-order valence-corrected chi connectivity index (χ1v) is 10.7. The lowest BCUT2D eigenvalue weighted by atomic mass is 10.0. The first kappa shape index (κ1) is 19.5. The molecule has 1 atom stereocenters. The standard InChI is InChI=1S/C25H25N5O/c31-24-14-17-29(22-12-7-16-28(19-22)18-20-8-3-1-4-9-20)27-25(24)23-13-15-26-30(23)21-10-5-2-6-11-21/h1-6,8-11,13-15,17,22H,7,12,16,18-19H2. The van der Waals surface area contributed by atoms with E-state index in [0.717, 1.165) is 38.2 Å². The van der Waals surface area contributed by atoms with Gasteiger partial charge in [-0.15, -0.1) is 0 Å². The molecule has 1 aliphatic heterocycles. The van der Waals surface area contributed by atoms with Gasteiger partial charge in [0.2, 0.25) is 5.43 Å². The van der Waals surface area contributed by atoms with Crippen molar-refractivity contribution in [1.29, 1.82) is 0 Å². The maximum atomic E-state index is 12.7. The van der Waals surface area contributed by atoms with Crippen LogP contribution in [-0.2, 0) is 6.54 Å². The third-order valence-electron chi connectivity index (χ3n) is 5.82. The van der Waals surface area contributed by atoms with Crippen molar-refractivity contribution in [3.8, 4) is 17.1 Å². The molecule has 1 aliphatic rings. The van der Waals surface area contributed by atoms with E-state index in [0.29, 0.717) is 11.4 Å². The summed E-state index contributed by atoms with van der Waals surface area (Å²) in [4.78, 5) is 15.2. The van der Waals surface area contributed by atoms with Gasteiger partial charge in [-0.3, -0.25) is 14.4 Å². The van der Waals surface area contributed by atoms with E-state index in [2.05, 4.69) is 40.3 Å². The first-order valence-electron chi connectivity index (χ1n) is 10.7. The van der Waals surface area contributed by atoms with Crippen LogP contribution >= 0.6 is 0 Å². The Morgan fingerprint density at radius 1 is 0.935 bits per heavy atom. The Balaban J connectivity index is 1.42. The highest BCUT2D eigenvalue weighted by molar-refractivity contribution is 5.56. The van der Waals surface area contributed by atoms with Crippen LogP contribution in [0.2, 0.25) is 0 Å². The second-order valence-corrected chi connectivity index (χ2v) is 7.99. The molecule has 0 bridgehead atoms. The number of rotatable bonds is 5. The summed E-state index contributed by atoms with van der Waals surface area (Å²) >= 11 is 0. The quantitative estimate of drug-likeness (QED) is 0.499. The Hall–Kier alpha value is -3.51. The molecule has 2 aromatic heterocycles. The van der Waals surface area contributed by atoms with Crippen LogP contribution in [0.15, 0.2) is 90.0 Å². The molecule has 0 aliphatic carbocycles. The van der Waals surface area contributed by atoms with Gasteiger partial charge in [-0.05, 0) is 43.1 Å². The zero-order valence-electron chi connectivity index (χ0n) is 17.3. The zero-order valence-corrected chi connectivity index (χ0v) is 17.3. The average molecular weight is 412 g/mol. The Morgan fingerprint density at radius 2 is 1.71 bits per heavy atom. The number of piperidine rings is 1. The maximum absolute atomic E-state index is 12.7. The maximum Gasteiger partial charge on any atom is 0.209 e. The molecule has 31 heavy (non-hydrogen) atoms. The summed E-state index contributed by atoms with van der Waals surface area (Å²) < 4.78 is 3.74. The number of benzene rings is 2. The lowest BCUT2D eigenvalue weighted by Gasteiger charge is -2.33. The van der Waals surface area contributed by atoms with E-state index in [1.165, 1.54) is 5.56 Å². The van der Waals surface area contributed by atoms with Crippen LogP contribution in [-0.4, -0.2) is 37.6 Å². The van der Waals surface area contributed by atoms with E-state index in [1.807, 2.05) is 47.3 Å². The van der Waals surface area contributed by atoms with Crippen LogP contribution in [0.1, 0.15) is 24.4 Å². The van der Waals surface area contributed by atoms with Gasteiger partial charge in [0, 0.05) is 25.4 Å².